The van der Waals surface area contributed by atoms with Crippen molar-refractivity contribution < 1.29 is 20.1 Å². The lowest BCUT2D eigenvalue weighted by Gasteiger charge is -1.88. The van der Waals surface area contributed by atoms with Crippen LogP contribution in [0.2, 0.25) is 0 Å². The highest BCUT2D eigenvalue weighted by Crippen LogP contribution is 1.99. The van der Waals surface area contributed by atoms with Crippen LogP contribution in [-0.4, -0.2) is 21.3 Å². The van der Waals surface area contributed by atoms with E-state index in [4.69, 9.17) is 15.3 Å². The molecule has 0 aliphatic rings. The van der Waals surface area contributed by atoms with Gasteiger partial charge in [0.05, 0.1) is 12.5 Å². The molecule has 4 heteroatoms. The molecule has 70 valence electrons. The summed E-state index contributed by atoms with van der Waals surface area (Å²) >= 11 is 0. The molecule has 0 amide bonds. The van der Waals surface area contributed by atoms with E-state index in [1.54, 1.807) is 0 Å². The van der Waals surface area contributed by atoms with Crippen molar-refractivity contribution in [3.05, 3.63) is 48.5 Å². The number of carboxylic acids is 1. The van der Waals surface area contributed by atoms with Crippen molar-refractivity contribution in [3.63, 3.8) is 0 Å². The van der Waals surface area contributed by atoms with Crippen molar-refractivity contribution >= 4 is 5.97 Å². The van der Waals surface area contributed by atoms with Gasteiger partial charge in [0, 0.05) is 6.08 Å². The Balaban J connectivity index is 4.52. The second kappa shape index (κ2) is 6.72. The van der Waals surface area contributed by atoms with Crippen LogP contribution in [0, 0.1) is 0 Å². The van der Waals surface area contributed by atoms with E-state index in [-0.39, 0.29) is 0 Å². The van der Waals surface area contributed by atoms with Crippen LogP contribution in [-0.2, 0) is 4.79 Å². The molecule has 0 fully saturated rings. The molecule has 0 aromatic carbocycles. The molecule has 0 saturated heterocycles. The van der Waals surface area contributed by atoms with Crippen LogP contribution in [0.3, 0.4) is 0 Å². The van der Waals surface area contributed by atoms with Crippen LogP contribution in [0.25, 0.3) is 0 Å². The maximum Gasteiger partial charge on any atom is 0.328 e. The van der Waals surface area contributed by atoms with Gasteiger partial charge < -0.3 is 15.3 Å². The molecule has 0 rings (SSSR count). The molecular weight excluding hydrogens is 172 g/mol. The Bertz CT molecular complexity index is 271. The minimum atomic E-state index is -1.08. The van der Waals surface area contributed by atoms with Crippen molar-refractivity contribution in [2.75, 3.05) is 0 Å². The van der Waals surface area contributed by atoms with Gasteiger partial charge in [-0.1, -0.05) is 6.08 Å². The molecule has 13 heavy (non-hydrogen) atoms. The first-order chi connectivity index (χ1) is 6.20. The maximum atomic E-state index is 10.1. The summed E-state index contributed by atoms with van der Waals surface area (Å²) in [5, 5.41) is 25.0. The van der Waals surface area contributed by atoms with Crippen LogP contribution in [0.5, 0.6) is 0 Å². The predicted molar refractivity (Wildman–Crippen MR) is 48.4 cm³/mol. The number of carboxylic acid groups (broad SMARTS) is 1. The molecule has 0 spiro atoms. The SMILES string of the molecule is O=C(O)/C=C/C(=C/C=C/O)/C=C/O. The highest BCUT2D eigenvalue weighted by Gasteiger charge is 1.87. The van der Waals surface area contributed by atoms with Crippen molar-refractivity contribution in [2.24, 2.45) is 0 Å². The van der Waals surface area contributed by atoms with Gasteiger partial charge in [0.15, 0.2) is 0 Å². The van der Waals surface area contributed by atoms with Gasteiger partial charge in [0.1, 0.15) is 0 Å². The standard InChI is InChI=1S/C9H10O4/c10-6-1-2-8(5-7-11)3-4-9(12)13/h1-7,10-11H,(H,12,13)/b4-3+,6-1+,7-5+,8-2-. The maximum absolute atomic E-state index is 10.1. The Hall–Kier alpha value is -1.97. The van der Waals surface area contributed by atoms with Crippen molar-refractivity contribution in [1.29, 1.82) is 0 Å². The molecule has 3 N–H and O–H groups in total. The number of rotatable bonds is 4. The molecule has 4 nitrogen and oxygen atoms in total. The zero-order valence-electron chi connectivity index (χ0n) is 6.79. The first kappa shape index (κ1) is 11.0. The van der Waals surface area contributed by atoms with Crippen molar-refractivity contribution in [3.8, 4) is 0 Å². The fraction of sp³-hybridized carbons (Fsp3) is 0. The number of allylic oxidation sites excluding steroid dienone is 5. The van der Waals surface area contributed by atoms with Gasteiger partial charge in [-0.05, 0) is 23.8 Å². The Kier molecular flexibility index (Phi) is 5.70. The highest BCUT2D eigenvalue weighted by atomic mass is 16.4. The van der Waals surface area contributed by atoms with Crippen LogP contribution in [0.4, 0.5) is 0 Å². The minimum Gasteiger partial charge on any atom is -0.516 e. The number of aliphatic carboxylic acids is 1. The van der Waals surface area contributed by atoms with E-state index in [1.807, 2.05) is 0 Å². The molecule has 0 heterocycles. The van der Waals surface area contributed by atoms with E-state index in [9.17, 15) is 4.79 Å². The van der Waals surface area contributed by atoms with Gasteiger partial charge in [-0.3, -0.25) is 0 Å². The monoisotopic (exact) mass is 182 g/mol. The fourth-order valence-corrected chi connectivity index (χ4v) is 0.574. The molecule has 0 radical (unpaired) electrons. The minimum absolute atomic E-state index is 0.454. The Morgan fingerprint density at radius 1 is 1.00 bits per heavy atom. The number of aliphatic hydroxyl groups excluding tert-OH is 2. The van der Waals surface area contributed by atoms with Crippen LogP contribution in [0.15, 0.2) is 48.5 Å². The number of carbonyl (C=O) groups is 1. The zero-order chi connectivity index (χ0) is 10.1. The van der Waals surface area contributed by atoms with E-state index in [1.165, 1.54) is 24.3 Å². The smallest absolute Gasteiger partial charge is 0.328 e. The molecule has 0 aromatic rings. The van der Waals surface area contributed by atoms with Crippen molar-refractivity contribution in [2.45, 2.75) is 0 Å². The van der Waals surface area contributed by atoms with Gasteiger partial charge in [-0.15, -0.1) is 0 Å². The predicted octanol–water partition coefficient (Wildman–Crippen LogP) is 1.70. The van der Waals surface area contributed by atoms with Gasteiger partial charge in [-0.2, -0.15) is 0 Å². The highest BCUT2D eigenvalue weighted by molar-refractivity contribution is 5.80. The quantitative estimate of drug-likeness (QED) is 0.351. The van der Waals surface area contributed by atoms with Gasteiger partial charge >= 0.3 is 5.97 Å². The molecule has 0 saturated carbocycles. The summed E-state index contributed by atoms with van der Waals surface area (Å²) in [7, 11) is 0. The van der Waals surface area contributed by atoms with Crippen LogP contribution in [0.1, 0.15) is 0 Å². The second-order valence-corrected chi connectivity index (χ2v) is 2.00. The van der Waals surface area contributed by atoms with Crippen molar-refractivity contribution in [1.82, 2.24) is 0 Å². The first-order valence-corrected chi connectivity index (χ1v) is 3.43. The zero-order valence-corrected chi connectivity index (χ0v) is 6.79. The average molecular weight is 182 g/mol. The van der Waals surface area contributed by atoms with E-state index < -0.39 is 5.97 Å². The Morgan fingerprint density at radius 3 is 2.15 bits per heavy atom. The third-order valence-electron chi connectivity index (χ3n) is 1.06. The molecule has 0 aromatic heterocycles. The lowest BCUT2D eigenvalue weighted by molar-refractivity contribution is -0.131. The summed E-state index contributed by atoms with van der Waals surface area (Å²) in [6.45, 7) is 0. The lowest BCUT2D eigenvalue weighted by Crippen LogP contribution is -1.86. The van der Waals surface area contributed by atoms with Gasteiger partial charge in [-0.25, -0.2) is 4.79 Å². The Morgan fingerprint density at radius 2 is 1.69 bits per heavy atom. The fourth-order valence-electron chi connectivity index (χ4n) is 0.574. The first-order valence-electron chi connectivity index (χ1n) is 3.43. The number of hydrogen-bond donors (Lipinski definition) is 3. The summed E-state index contributed by atoms with van der Waals surface area (Å²) < 4.78 is 0. The summed E-state index contributed by atoms with van der Waals surface area (Å²) in [4.78, 5) is 10.1. The largest absolute Gasteiger partial charge is 0.516 e. The van der Waals surface area contributed by atoms with Crippen LogP contribution < -0.4 is 0 Å². The van der Waals surface area contributed by atoms with E-state index in [2.05, 4.69) is 0 Å². The van der Waals surface area contributed by atoms with Crippen LogP contribution >= 0.6 is 0 Å². The molecular formula is C9H10O4. The summed E-state index contributed by atoms with van der Waals surface area (Å²) in [6, 6.07) is 0. The second-order valence-electron chi connectivity index (χ2n) is 2.00. The van der Waals surface area contributed by atoms with E-state index in [0.29, 0.717) is 5.57 Å². The molecule has 0 atom stereocenters. The third-order valence-corrected chi connectivity index (χ3v) is 1.06. The summed E-state index contributed by atoms with van der Waals surface area (Å²) in [5.41, 5.74) is 0.454. The molecule has 0 aliphatic carbocycles. The number of hydrogen-bond acceptors (Lipinski definition) is 3. The van der Waals surface area contributed by atoms with E-state index >= 15 is 0 Å². The molecule has 0 unspecified atom stereocenters. The Labute approximate surface area is 75.4 Å². The van der Waals surface area contributed by atoms with E-state index in [0.717, 1.165) is 18.6 Å². The normalized spacial score (nSPS) is 13.4. The third kappa shape index (κ3) is 6.43. The topological polar surface area (TPSA) is 77.8 Å². The summed E-state index contributed by atoms with van der Waals surface area (Å²) in [6.07, 6.45) is 7.84. The summed E-state index contributed by atoms with van der Waals surface area (Å²) in [5.74, 6) is -1.08. The van der Waals surface area contributed by atoms with Gasteiger partial charge in [0.2, 0.25) is 0 Å². The molecule has 0 bridgehead atoms. The average Bonchev–Trinajstić information content (AvgIpc) is 2.09. The van der Waals surface area contributed by atoms with Gasteiger partial charge in [0.25, 0.3) is 0 Å². The number of aliphatic hydroxyl groups is 2. The lowest BCUT2D eigenvalue weighted by atomic mass is 10.2. The molecule has 0 aliphatic heterocycles.